The summed E-state index contributed by atoms with van der Waals surface area (Å²) in [7, 11) is -3.71. The summed E-state index contributed by atoms with van der Waals surface area (Å²) < 4.78 is 26.7. The van der Waals surface area contributed by atoms with Crippen LogP contribution in [0.3, 0.4) is 0 Å². The normalized spacial score (nSPS) is 10.8. The highest BCUT2D eigenvalue weighted by Crippen LogP contribution is 2.20. The first-order chi connectivity index (χ1) is 9.53. The van der Waals surface area contributed by atoms with Gasteiger partial charge in [0.25, 0.3) is 10.0 Å². The molecule has 6 nitrogen and oxygen atoms in total. The van der Waals surface area contributed by atoms with Gasteiger partial charge in [0.05, 0.1) is 35.0 Å². The molecule has 0 saturated heterocycles. The molecule has 2 rings (SSSR count). The highest BCUT2D eigenvalue weighted by Gasteiger charge is 2.15. The van der Waals surface area contributed by atoms with Crippen LogP contribution in [0, 0.1) is 11.3 Å². The zero-order valence-electron chi connectivity index (χ0n) is 10.4. The Bertz CT molecular complexity index is 749. The fourth-order valence-electron chi connectivity index (χ4n) is 1.58. The second-order valence-corrected chi connectivity index (χ2v) is 5.73. The Morgan fingerprint density at radius 1 is 1.25 bits per heavy atom. The quantitative estimate of drug-likeness (QED) is 0.886. The van der Waals surface area contributed by atoms with E-state index in [4.69, 9.17) is 11.0 Å². The van der Waals surface area contributed by atoms with Gasteiger partial charge in [-0.2, -0.15) is 5.26 Å². The molecule has 1 heterocycles. The van der Waals surface area contributed by atoms with Crippen molar-refractivity contribution < 1.29 is 8.42 Å². The van der Waals surface area contributed by atoms with Gasteiger partial charge in [-0.15, -0.1) is 0 Å². The van der Waals surface area contributed by atoms with Crippen molar-refractivity contribution in [3.05, 3.63) is 48.3 Å². The number of benzene rings is 1. The molecule has 0 atom stereocenters. The Hall–Kier alpha value is -2.59. The lowest BCUT2D eigenvalue weighted by Gasteiger charge is -2.10. The smallest absolute Gasteiger partial charge is 0.261 e. The number of pyridine rings is 1. The summed E-state index contributed by atoms with van der Waals surface area (Å²) in [5.41, 5.74) is 6.93. The molecule has 0 aliphatic carbocycles. The lowest BCUT2D eigenvalue weighted by Crippen LogP contribution is -2.14. The van der Waals surface area contributed by atoms with Crippen molar-refractivity contribution in [2.45, 2.75) is 11.3 Å². The molecule has 0 spiro atoms. The van der Waals surface area contributed by atoms with E-state index in [1.54, 1.807) is 12.1 Å². The number of hydrogen-bond donors (Lipinski definition) is 2. The minimum absolute atomic E-state index is 0.107. The summed E-state index contributed by atoms with van der Waals surface area (Å²) in [6.07, 6.45) is 3.06. The number of sulfonamides is 1. The molecule has 0 fully saturated rings. The highest BCUT2D eigenvalue weighted by molar-refractivity contribution is 7.92. The van der Waals surface area contributed by atoms with E-state index in [0.717, 1.165) is 5.56 Å². The van der Waals surface area contributed by atoms with Gasteiger partial charge in [-0.3, -0.25) is 9.71 Å². The number of rotatable bonds is 4. The third-order valence-electron chi connectivity index (χ3n) is 2.61. The molecule has 0 saturated carbocycles. The summed E-state index contributed by atoms with van der Waals surface area (Å²) in [5.74, 6) is 0. The van der Waals surface area contributed by atoms with Crippen molar-refractivity contribution in [1.82, 2.24) is 4.98 Å². The van der Waals surface area contributed by atoms with E-state index in [1.165, 1.54) is 30.6 Å². The van der Waals surface area contributed by atoms with E-state index in [1.807, 2.05) is 6.07 Å². The molecular weight excluding hydrogens is 276 g/mol. The average molecular weight is 288 g/mol. The standard InChI is InChI=1S/C13H12N4O2S/c14-7-5-10-1-3-11(4-2-10)20(18,19)17-13-6-8-16-9-12(13)15/h1-4,6,8-9H,5,15H2,(H,16,17). The number of nitriles is 1. The minimum atomic E-state index is -3.71. The predicted molar refractivity (Wildman–Crippen MR) is 75.2 cm³/mol. The van der Waals surface area contributed by atoms with E-state index >= 15 is 0 Å². The fraction of sp³-hybridized carbons (Fsp3) is 0.0769. The van der Waals surface area contributed by atoms with Crippen LogP contribution in [0.15, 0.2) is 47.6 Å². The van der Waals surface area contributed by atoms with Crippen LogP contribution >= 0.6 is 0 Å². The lowest BCUT2D eigenvalue weighted by atomic mass is 10.2. The van der Waals surface area contributed by atoms with Crippen molar-refractivity contribution >= 4 is 21.4 Å². The van der Waals surface area contributed by atoms with Crippen molar-refractivity contribution in [2.24, 2.45) is 0 Å². The maximum atomic E-state index is 12.2. The van der Waals surface area contributed by atoms with Crippen molar-refractivity contribution in [3.63, 3.8) is 0 Å². The molecule has 102 valence electrons. The SMILES string of the molecule is N#CCc1ccc(S(=O)(=O)Nc2ccncc2N)cc1. The van der Waals surface area contributed by atoms with Crippen LogP contribution in [-0.4, -0.2) is 13.4 Å². The number of nitrogens with one attached hydrogen (secondary N) is 1. The number of nitrogens with zero attached hydrogens (tertiary/aromatic N) is 2. The van der Waals surface area contributed by atoms with Gasteiger partial charge in [-0.05, 0) is 23.8 Å². The van der Waals surface area contributed by atoms with Crippen molar-refractivity contribution in [2.75, 3.05) is 10.5 Å². The van der Waals surface area contributed by atoms with Crippen LogP contribution in [0.4, 0.5) is 11.4 Å². The molecule has 7 heteroatoms. The van der Waals surface area contributed by atoms with Crippen LogP contribution < -0.4 is 10.5 Å². The molecular formula is C13H12N4O2S. The monoisotopic (exact) mass is 288 g/mol. The highest BCUT2D eigenvalue weighted by atomic mass is 32.2. The predicted octanol–water partition coefficient (Wildman–Crippen LogP) is 1.53. The first kappa shape index (κ1) is 13.8. The molecule has 3 N–H and O–H groups in total. The topological polar surface area (TPSA) is 109 Å². The number of nitrogens with two attached hydrogens (primary N) is 1. The first-order valence-electron chi connectivity index (χ1n) is 5.71. The third-order valence-corrected chi connectivity index (χ3v) is 3.99. The van der Waals surface area contributed by atoms with Gasteiger partial charge in [0.1, 0.15) is 0 Å². The summed E-state index contributed by atoms with van der Waals surface area (Å²) in [4.78, 5) is 3.90. The van der Waals surface area contributed by atoms with Crippen LogP contribution in [0.25, 0.3) is 0 Å². The molecule has 0 bridgehead atoms. The van der Waals surface area contributed by atoms with Crippen LogP contribution in [0.2, 0.25) is 0 Å². The van der Waals surface area contributed by atoms with Gasteiger partial charge in [0, 0.05) is 6.20 Å². The molecule has 0 unspecified atom stereocenters. The largest absolute Gasteiger partial charge is 0.396 e. The van der Waals surface area contributed by atoms with Gasteiger partial charge in [0.2, 0.25) is 0 Å². The molecule has 0 aliphatic rings. The van der Waals surface area contributed by atoms with E-state index in [2.05, 4.69) is 9.71 Å². The molecule has 1 aromatic heterocycles. The molecule has 0 amide bonds. The number of aromatic nitrogens is 1. The summed E-state index contributed by atoms with van der Waals surface area (Å²) >= 11 is 0. The Balaban J connectivity index is 2.27. The van der Waals surface area contributed by atoms with Crippen molar-refractivity contribution in [3.8, 4) is 6.07 Å². The van der Waals surface area contributed by atoms with Crippen LogP contribution in [-0.2, 0) is 16.4 Å². The zero-order chi connectivity index (χ0) is 14.6. The summed E-state index contributed by atoms with van der Waals surface area (Å²) in [6.45, 7) is 0. The van der Waals surface area contributed by atoms with Gasteiger partial charge in [-0.25, -0.2) is 8.42 Å². The summed E-state index contributed by atoms with van der Waals surface area (Å²) in [5, 5.41) is 8.57. The van der Waals surface area contributed by atoms with E-state index in [-0.39, 0.29) is 22.7 Å². The minimum Gasteiger partial charge on any atom is -0.396 e. The fourth-order valence-corrected chi connectivity index (χ4v) is 2.67. The zero-order valence-corrected chi connectivity index (χ0v) is 11.3. The van der Waals surface area contributed by atoms with Gasteiger partial charge in [0.15, 0.2) is 0 Å². The van der Waals surface area contributed by atoms with Gasteiger partial charge < -0.3 is 5.73 Å². The average Bonchev–Trinajstić information content (AvgIpc) is 2.42. The Labute approximate surface area is 116 Å². The Kier molecular flexibility index (Phi) is 3.86. The first-order valence-corrected chi connectivity index (χ1v) is 7.19. The van der Waals surface area contributed by atoms with Crippen LogP contribution in [0.1, 0.15) is 5.56 Å². The number of nitrogen functional groups attached to an aromatic ring is 1. The molecule has 1 aromatic carbocycles. The molecule has 0 aliphatic heterocycles. The number of hydrogen-bond acceptors (Lipinski definition) is 5. The van der Waals surface area contributed by atoms with Crippen molar-refractivity contribution in [1.29, 1.82) is 5.26 Å². The summed E-state index contributed by atoms with van der Waals surface area (Å²) in [6, 6.07) is 9.60. The van der Waals surface area contributed by atoms with E-state index in [0.29, 0.717) is 0 Å². The van der Waals surface area contributed by atoms with E-state index < -0.39 is 10.0 Å². The maximum absolute atomic E-state index is 12.2. The second-order valence-electron chi connectivity index (χ2n) is 4.05. The third kappa shape index (κ3) is 3.05. The molecule has 20 heavy (non-hydrogen) atoms. The van der Waals surface area contributed by atoms with E-state index in [9.17, 15) is 8.42 Å². The van der Waals surface area contributed by atoms with Gasteiger partial charge in [-0.1, -0.05) is 12.1 Å². The maximum Gasteiger partial charge on any atom is 0.261 e. The van der Waals surface area contributed by atoms with Crippen LogP contribution in [0.5, 0.6) is 0 Å². The molecule has 0 radical (unpaired) electrons. The number of anilines is 2. The molecule has 2 aromatic rings. The second kappa shape index (κ2) is 5.59. The van der Waals surface area contributed by atoms with Gasteiger partial charge >= 0.3 is 0 Å². The Morgan fingerprint density at radius 3 is 2.55 bits per heavy atom. The Morgan fingerprint density at radius 2 is 1.95 bits per heavy atom. The lowest BCUT2D eigenvalue weighted by molar-refractivity contribution is 0.601.